The van der Waals surface area contributed by atoms with Gasteiger partial charge in [0.15, 0.2) is 11.2 Å². The number of fused-ring (bicyclic) bond motifs is 1. The highest BCUT2D eigenvalue weighted by molar-refractivity contribution is 5.70. The Morgan fingerprint density at radius 3 is 2.90 bits per heavy atom. The number of hydrogen-bond acceptors (Lipinski definition) is 6. The average Bonchev–Trinajstić information content (AvgIpc) is 2.71. The van der Waals surface area contributed by atoms with E-state index in [0.717, 1.165) is 10.9 Å². The summed E-state index contributed by atoms with van der Waals surface area (Å²) in [5.41, 5.74) is 4.57. The van der Waals surface area contributed by atoms with Crippen LogP contribution in [0.2, 0.25) is 0 Å². The van der Waals surface area contributed by atoms with Crippen LogP contribution >= 0.6 is 0 Å². The lowest BCUT2D eigenvalue weighted by atomic mass is 10.1. The van der Waals surface area contributed by atoms with Gasteiger partial charge in [-0.25, -0.2) is 13.8 Å². The summed E-state index contributed by atoms with van der Waals surface area (Å²) in [5, 5.41) is 17.7. The number of aromatic amines is 1. The van der Waals surface area contributed by atoms with Crippen LogP contribution in [-0.2, 0) is 6.54 Å². The maximum Gasteiger partial charge on any atom is 0.280 e. The molecule has 0 saturated carbocycles. The molecule has 0 aliphatic carbocycles. The van der Waals surface area contributed by atoms with E-state index in [2.05, 4.69) is 15.0 Å². The summed E-state index contributed by atoms with van der Waals surface area (Å²) in [7, 11) is 0. The van der Waals surface area contributed by atoms with Crippen molar-refractivity contribution in [3.8, 4) is 0 Å². The summed E-state index contributed by atoms with van der Waals surface area (Å²) >= 11 is 0. The number of nitrogens with zero attached hydrogens (tertiary/aromatic N) is 3. The molecular weight excluding hydrogens is 276 g/mol. The molecule has 2 heterocycles. The average molecular weight is 289 g/mol. The van der Waals surface area contributed by atoms with Crippen LogP contribution in [0.3, 0.4) is 0 Å². The Labute approximate surface area is 110 Å². The molecule has 0 saturated heterocycles. The molecular formula is C10H13F2N5O3. The van der Waals surface area contributed by atoms with Crippen LogP contribution in [0.25, 0.3) is 11.2 Å². The fourth-order valence-electron chi connectivity index (χ4n) is 1.81. The highest BCUT2D eigenvalue weighted by Crippen LogP contribution is 2.24. The van der Waals surface area contributed by atoms with Gasteiger partial charge in [0, 0.05) is 6.42 Å². The number of anilines is 1. The van der Waals surface area contributed by atoms with Crippen molar-refractivity contribution in [1.82, 2.24) is 19.5 Å². The SMILES string of the molecule is Nc1nc2c(ncn2CC(F)(F)CC(O)CO)c(=O)[nH]1. The second-order valence-corrected chi connectivity index (χ2v) is 4.39. The number of rotatable bonds is 5. The molecule has 2 rings (SSSR count). The predicted octanol–water partition coefficient (Wildman–Crippen LogP) is -0.920. The first-order valence-corrected chi connectivity index (χ1v) is 5.70. The highest BCUT2D eigenvalue weighted by atomic mass is 19.3. The zero-order valence-electron chi connectivity index (χ0n) is 10.3. The van der Waals surface area contributed by atoms with Gasteiger partial charge < -0.3 is 20.5 Å². The number of alkyl halides is 2. The summed E-state index contributed by atoms with van der Waals surface area (Å²) in [5.74, 6) is -3.50. The minimum absolute atomic E-state index is 0.0654. The molecule has 20 heavy (non-hydrogen) atoms. The Kier molecular flexibility index (Phi) is 3.68. The van der Waals surface area contributed by atoms with Crippen molar-refractivity contribution in [1.29, 1.82) is 0 Å². The zero-order chi connectivity index (χ0) is 14.9. The van der Waals surface area contributed by atoms with Crippen LogP contribution in [0, 0.1) is 0 Å². The van der Waals surface area contributed by atoms with Gasteiger partial charge in [-0.1, -0.05) is 0 Å². The van der Waals surface area contributed by atoms with Crippen molar-refractivity contribution in [2.75, 3.05) is 12.3 Å². The van der Waals surface area contributed by atoms with Crippen molar-refractivity contribution in [3.63, 3.8) is 0 Å². The number of aromatic nitrogens is 4. The third kappa shape index (κ3) is 2.91. The zero-order valence-corrected chi connectivity index (χ0v) is 10.3. The Morgan fingerprint density at radius 1 is 1.55 bits per heavy atom. The van der Waals surface area contributed by atoms with Gasteiger partial charge in [0.05, 0.1) is 25.6 Å². The van der Waals surface area contributed by atoms with E-state index in [0.29, 0.717) is 0 Å². The number of aliphatic hydroxyl groups is 2. The van der Waals surface area contributed by atoms with E-state index in [4.69, 9.17) is 15.9 Å². The third-order valence-corrected chi connectivity index (χ3v) is 2.64. The quantitative estimate of drug-likeness (QED) is 0.563. The van der Waals surface area contributed by atoms with E-state index in [1.54, 1.807) is 0 Å². The molecule has 110 valence electrons. The Bertz CT molecular complexity index is 668. The summed E-state index contributed by atoms with van der Waals surface area (Å²) in [6.45, 7) is -1.60. The standard InChI is InChI=1S/C10H13F2N5O3/c11-10(12,1-5(19)2-18)3-17-4-14-6-7(17)15-9(13)16-8(6)20/h4-5,18-19H,1-3H2,(H3,13,15,16,20). The Balaban J connectivity index is 2.32. The van der Waals surface area contributed by atoms with Crippen molar-refractivity contribution in [3.05, 3.63) is 16.7 Å². The van der Waals surface area contributed by atoms with Crippen LogP contribution in [-0.4, -0.2) is 48.4 Å². The number of nitrogens with one attached hydrogen (secondary N) is 1. The van der Waals surface area contributed by atoms with E-state index in [1.165, 1.54) is 0 Å². The molecule has 0 aliphatic rings. The molecule has 0 aliphatic heterocycles. The largest absolute Gasteiger partial charge is 0.394 e. The third-order valence-electron chi connectivity index (χ3n) is 2.64. The van der Waals surface area contributed by atoms with Crippen molar-refractivity contribution < 1.29 is 19.0 Å². The van der Waals surface area contributed by atoms with Gasteiger partial charge in [-0.15, -0.1) is 0 Å². The smallest absolute Gasteiger partial charge is 0.280 e. The summed E-state index contributed by atoms with van der Waals surface area (Å²) in [4.78, 5) is 21.2. The second kappa shape index (κ2) is 5.13. The normalized spacial score (nSPS) is 13.8. The minimum Gasteiger partial charge on any atom is -0.394 e. The number of halogens is 2. The number of H-pyrrole nitrogens is 1. The summed E-state index contributed by atoms with van der Waals surface area (Å²) in [6.07, 6.45) is -1.39. The van der Waals surface area contributed by atoms with Gasteiger partial charge in [-0.05, 0) is 0 Å². The number of nitrogens with two attached hydrogens (primary N) is 1. The van der Waals surface area contributed by atoms with Crippen LogP contribution in [0.1, 0.15) is 6.42 Å². The molecule has 2 aromatic rings. The lowest BCUT2D eigenvalue weighted by molar-refractivity contribution is -0.0664. The number of hydrogen-bond donors (Lipinski definition) is 4. The molecule has 0 spiro atoms. The maximum atomic E-state index is 13.7. The molecule has 1 unspecified atom stereocenters. The lowest BCUT2D eigenvalue weighted by Gasteiger charge is -2.19. The number of imidazole rings is 1. The van der Waals surface area contributed by atoms with Crippen LogP contribution in [0.15, 0.2) is 11.1 Å². The van der Waals surface area contributed by atoms with Gasteiger partial charge in [0.2, 0.25) is 5.95 Å². The van der Waals surface area contributed by atoms with E-state index in [1.807, 2.05) is 0 Å². The van der Waals surface area contributed by atoms with E-state index < -0.39 is 37.2 Å². The topological polar surface area (TPSA) is 130 Å². The van der Waals surface area contributed by atoms with Crippen molar-refractivity contribution in [2.45, 2.75) is 25.0 Å². The molecule has 0 radical (unpaired) electrons. The first kappa shape index (κ1) is 14.3. The second-order valence-electron chi connectivity index (χ2n) is 4.39. The molecule has 0 fully saturated rings. The molecule has 0 amide bonds. The van der Waals surface area contributed by atoms with Crippen LogP contribution in [0.4, 0.5) is 14.7 Å². The fraction of sp³-hybridized carbons (Fsp3) is 0.500. The molecule has 10 heteroatoms. The summed E-state index contributed by atoms with van der Waals surface area (Å²) in [6, 6.07) is 0. The fourth-order valence-corrected chi connectivity index (χ4v) is 1.81. The maximum absolute atomic E-state index is 13.7. The van der Waals surface area contributed by atoms with Crippen LogP contribution in [0.5, 0.6) is 0 Å². The predicted molar refractivity (Wildman–Crippen MR) is 65.2 cm³/mol. The van der Waals surface area contributed by atoms with Gasteiger partial charge in [0.25, 0.3) is 11.5 Å². The molecule has 0 aromatic carbocycles. The van der Waals surface area contributed by atoms with Gasteiger partial charge in [0.1, 0.15) is 0 Å². The molecule has 5 N–H and O–H groups in total. The van der Waals surface area contributed by atoms with Gasteiger partial charge in [-0.3, -0.25) is 9.78 Å². The number of aliphatic hydroxyl groups excluding tert-OH is 2. The number of nitrogen functional groups attached to an aromatic ring is 1. The first-order chi connectivity index (χ1) is 9.32. The summed E-state index contributed by atoms with van der Waals surface area (Å²) < 4.78 is 28.4. The Hall–Kier alpha value is -2.07. The Morgan fingerprint density at radius 2 is 2.25 bits per heavy atom. The highest BCUT2D eigenvalue weighted by Gasteiger charge is 2.33. The molecule has 8 nitrogen and oxygen atoms in total. The first-order valence-electron chi connectivity index (χ1n) is 5.70. The van der Waals surface area contributed by atoms with Gasteiger partial charge in [-0.2, -0.15) is 4.98 Å². The minimum atomic E-state index is -3.30. The lowest BCUT2D eigenvalue weighted by Crippen LogP contribution is -2.30. The van der Waals surface area contributed by atoms with Gasteiger partial charge >= 0.3 is 0 Å². The molecule has 0 bridgehead atoms. The van der Waals surface area contributed by atoms with E-state index >= 15 is 0 Å². The molecule has 1 atom stereocenters. The molecule has 2 aromatic heterocycles. The van der Waals surface area contributed by atoms with Crippen molar-refractivity contribution >= 4 is 17.1 Å². The van der Waals surface area contributed by atoms with E-state index in [9.17, 15) is 13.6 Å². The van der Waals surface area contributed by atoms with E-state index in [-0.39, 0.29) is 17.1 Å². The van der Waals surface area contributed by atoms with Crippen molar-refractivity contribution in [2.24, 2.45) is 0 Å². The van der Waals surface area contributed by atoms with Crippen LogP contribution < -0.4 is 11.3 Å². The monoisotopic (exact) mass is 289 g/mol.